The van der Waals surface area contributed by atoms with E-state index in [-0.39, 0.29) is 19.1 Å². The van der Waals surface area contributed by atoms with E-state index in [1.807, 2.05) is 13.0 Å². The van der Waals surface area contributed by atoms with E-state index in [4.69, 9.17) is 14.6 Å². The number of para-hydroxylation sites is 2. The van der Waals surface area contributed by atoms with Crippen LogP contribution in [0, 0.1) is 5.92 Å². The van der Waals surface area contributed by atoms with E-state index >= 15 is 0 Å². The van der Waals surface area contributed by atoms with Gasteiger partial charge < -0.3 is 19.5 Å². The van der Waals surface area contributed by atoms with Crippen molar-refractivity contribution in [3.05, 3.63) is 24.3 Å². The molecule has 2 rings (SSSR count). The monoisotopic (exact) mass is 293 g/mol. The molecule has 1 aliphatic heterocycles. The number of hydrogen-bond acceptors (Lipinski definition) is 4. The van der Waals surface area contributed by atoms with Gasteiger partial charge in [0.1, 0.15) is 0 Å². The van der Waals surface area contributed by atoms with Gasteiger partial charge in [-0.3, -0.25) is 9.59 Å². The Labute approximate surface area is 123 Å². The van der Waals surface area contributed by atoms with Crippen molar-refractivity contribution in [2.45, 2.75) is 13.3 Å². The molecule has 0 aromatic heterocycles. The van der Waals surface area contributed by atoms with Crippen LogP contribution >= 0.6 is 0 Å². The van der Waals surface area contributed by atoms with Gasteiger partial charge in [0, 0.05) is 13.1 Å². The lowest BCUT2D eigenvalue weighted by Crippen LogP contribution is -2.33. The fourth-order valence-corrected chi connectivity index (χ4v) is 2.26. The summed E-state index contributed by atoms with van der Waals surface area (Å²) in [6.07, 6.45) is 0.497. The number of rotatable bonds is 6. The highest BCUT2D eigenvalue weighted by molar-refractivity contribution is 5.80. The number of carbonyl (C=O) groups is 2. The number of likely N-dealkylation sites (tertiary alicyclic amines) is 1. The predicted molar refractivity (Wildman–Crippen MR) is 75.4 cm³/mol. The molecule has 1 aromatic carbocycles. The van der Waals surface area contributed by atoms with Gasteiger partial charge in [0.05, 0.1) is 12.5 Å². The predicted octanol–water partition coefficient (Wildman–Crippen LogP) is 1.40. The quantitative estimate of drug-likeness (QED) is 0.858. The second-order valence-electron chi connectivity index (χ2n) is 4.83. The normalized spacial score (nSPS) is 17.6. The number of carboxylic acid groups (broad SMARTS) is 1. The van der Waals surface area contributed by atoms with Crippen molar-refractivity contribution in [2.75, 3.05) is 26.3 Å². The maximum atomic E-state index is 12.0. The molecule has 0 saturated carbocycles. The second kappa shape index (κ2) is 6.97. The zero-order chi connectivity index (χ0) is 15.2. The Morgan fingerprint density at radius 1 is 1.29 bits per heavy atom. The number of amides is 1. The maximum absolute atomic E-state index is 12.0. The van der Waals surface area contributed by atoms with E-state index in [1.165, 1.54) is 4.90 Å². The lowest BCUT2D eigenvalue weighted by atomic mass is 10.1. The van der Waals surface area contributed by atoms with E-state index < -0.39 is 11.9 Å². The summed E-state index contributed by atoms with van der Waals surface area (Å²) in [6.45, 7) is 2.99. The van der Waals surface area contributed by atoms with Crippen LogP contribution in [0.25, 0.3) is 0 Å². The molecule has 1 unspecified atom stereocenters. The molecule has 6 nitrogen and oxygen atoms in total. The standard InChI is InChI=1S/C15H19NO5/c1-2-20-12-5-3-4-6-13(12)21-10-14(17)16-8-7-11(9-16)15(18)19/h3-6,11H,2,7-10H2,1H3,(H,18,19). The summed E-state index contributed by atoms with van der Waals surface area (Å²) in [5.41, 5.74) is 0. The van der Waals surface area contributed by atoms with Gasteiger partial charge in [0.15, 0.2) is 18.1 Å². The summed E-state index contributed by atoms with van der Waals surface area (Å²) in [4.78, 5) is 24.4. The van der Waals surface area contributed by atoms with Gasteiger partial charge in [-0.2, -0.15) is 0 Å². The van der Waals surface area contributed by atoms with Gasteiger partial charge in [-0.15, -0.1) is 0 Å². The lowest BCUT2D eigenvalue weighted by molar-refractivity contribution is -0.141. The van der Waals surface area contributed by atoms with Gasteiger partial charge in [-0.25, -0.2) is 0 Å². The Morgan fingerprint density at radius 2 is 1.95 bits per heavy atom. The fourth-order valence-electron chi connectivity index (χ4n) is 2.26. The summed E-state index contributed by atoms with van der Waals surface area (Å²) < 4.78 is 10.9. The smallest absolute Gasteiger partial charge is 0.308 e. The minimum atomic E-state index is -0.854. The Morgan fingerprint density at radius 3 is 2.52 bits per heavy atom. The van der Waals surface area contributed by atoms with Crippen molar-refractivity contribution in [1.82, 2.24) is 4.90 Å². The number of aliphatic carboxylic acids is 1. The van der Waals surface area contributed by atoms with Gasteiger partial charge in [0.2, 0.25) is 0 Å². The molecule has 1 aliphatic rings. The molecule has 0 aliphatic carbocycles. The first-order valence-electron chi connectivity index (χ1n) is 6.97. The van der Waals surface area contributed by atoms with E-state index in [2.05, 4.69) is 0 Å². The Bertz CT molecular complexity index is 517. The van der Waals surface area contributed by atoms with E-state index in [0.717, 1.165) is 0 Å². The number of carbonyl (C=O) groups excluding carboxylic acids is 1. The summed E-state index contributed by atoms with van der Waals surface area (Å²) in [7, 11) is 0. The maximum Gasteiger partial charge on any atom is 0.308 e. The van der Waals surface area contributed by atoms with Crippen LogP contribution in [0.5, 0.6) is 11.5 Å². The molecule has 1 atom stereocenters. The average Bonchev–Trinajstić information content (AvgIpc) is 2.96. The zero-order valence-electron chi connectivity index (χ0n) is 11.9. The molecular formula is C15H19NO5. The third-order valence-electron chi connectivity index (χ3n) is 3.39. The molecule has 114 valence electrons. The van der Waals surface area contributed by atoms with Gasteiger partial charge >= 0.3 is 5.97 Å². The molecule has 0 radical (unpaired) electrons. The summed E-state index contributed by atoms with van der Waals surface area (Å²) >= 11 is 0. The molecule has 6 heteroatoms. The fraction of sp³-hybridized carbons (Fsp3) is 0.467. The molecule has 1 heterocycles. The molecule has 0 bridgehead atoms. The van der Waals surface area contributed by atoms with Crippen molar-refractivity contribution >= 4 is 11.9 Å². The van der Waals surface area contributed by atoms with Crippen molar-refractivity contribution in [1.29, 1.82) is 0 Å². The Balaban J connectivity index is 1.89. The SMILES string of the molecule is CCOc1ccccc1OCC(=O)N1CCC(C(=O)O)C1. The van der Waals surface area contributed by atoms with Crippen LogP contribution in [-0.2, 0) is 9.59 Å². The van der Waals surface area contributed by atoms with Gasteiger partial charge in [-0.1, -0.05) is 12.1 Å². The van der Waals surface area contributed by atoms with Crippen LogP contribution in [0.15, 0.2) is 24.3 Å². The molecule has 1 N–H and O–H groups in total. The zero-order valence-corrected chi connectivity index (χ0v) is 11.9. The summed E-state index contributed by atoms with van der Waals surface area (Å²) in [6, 6.07) is 7.15. The largest absolute Gasteiger partial charge is 0.490 e. The summed E-state index contributed by atoms with van der Waals surface area (Å²) in [5, 5.41) is 8.93. The third-order valence-corrected chi connectivity index (χ3v) is 3.39. The van der Waals surface area contributed by atoms with Crippen LogP contribution in [-0.4, -0.2) is 48.2 Å². The molecule has 1 aromatic rings. The van der Waals surface area contributed by atoms with Crippen LogP contribution in [0.1, 0.15) is 13.3 Å². The lowest BCUT2D eigenvalue weighted by Gasteiger charge is -2.17. The number of benzene rings is 1. The minimum Gasteiger partial charge on any atom is -0.490 e. The van der Waals surface area contributed by atoms with E-state index in [1.54, 1.807) is 18.2 Å². The van der Waals surface area contributed by atoms with Crippen molar-refractivity contribution in [3.8, 4) is 11.5 Å². The van der Waals surface area contributed by atoms with Gasteiger partial charge in [0.25, 0.3) is 5.91 Å². The molecule has 1 amide bonds. The van der Waals surface area contributed by atoms with Crippen LogP contribution in [0.2, 0.25) is 0 Å². The number of hydrogen-bond donors (Lipinski definition) is 1. The van der Waals surface area contributed by atoms with Crippen LogP contribution < -0.4 is 9.47 Å². The Kier molecular flexibility index (Phi) is 5.03. The summed E-state index contributed by atoms with van der Waals surface area (Å²) in [5.74, 6) is -0.415. The minimum absolute atomic E-state index is 0.115. The van der Waals surface area contributed by atoms with Crippen LogP contribution in [0.3, 0.4) is 0 Å². The van der Waals surface area contributed by atoms with E-state index in [0.29, 0.717) is 31.1 Å². The molecule has 1 fully saturated rings. The van der Waals surface area contributed by atoms with Gasteiger partial charge in [-0.05, 0) is 25.5 Å². The molecule has 21 heavy (non-hydrogen) atoms. The number of nitrogens with zero attached hydrogens (tertiary/aromatic N) is 1. The first-order valence-corrected chi connectivity index (χ1v) is 6.97. The van der Waals surface area contributed by atoms with Crippen molar-refractivity contribution < 1.29 is 24.2 Å². The highest BCUT2D eigenvalue weighted by Crippen LogP contribution is 2.26. The van der Waals surface area contributed by atoms with E-state index in [9.17, 15) is 9.59 Å². The third kappa shape index (κ3) is 3.87. The highest BCUT2D eigenvalue weighted by Gasteiger charge is 2.30. The highest BCUT2D eigenvalue weighted by atomic mass is 16.5. The number of ether oxygens (including phenoxy) is 2. The number of carboxylic acids is 1. The van der Waals surface area contributed by atoms with Crippen molar-refractivity contribution in [2.24, 2.45) is 5.92 Å². The first kappa shape index (κ1) is 15.2. The second-order valence-corrected chi connectivity index (χ2v) is 4.83. The molecule has 0 spiro atoms. The van der Waals surface area contributed by atoms with Crippen molar-refractivity contribution in [3.63, 3.8) is 0 Å². The average molecular weight is 293 g/mol. The topological polar surface area (TPSA) is 76.1 Å². The molecule has 1 saturated heterocycles. The molecular weight excluding hydrogens is 274 g/mol. The first-order chi connectivity index (χ1) is 10.1. The Hall–Kier alpha value is -2.24. The van der Waals surface area contributed by atoms with Crippen LogP contribution in [0.4, 0.5) is 0 Å².